The SMILES string of the molecule is Cc1cccc(C)c1NC(=O)CN(C)CC(=O)NC(C)c1ccc2ccccc2c1. The fraction of sp³-hybridized carbons (Fsp3) is 0.280. The molecule has 0 aliphatic heterocycles. The van der Waals surface area contributed by atoms with Crippen molar-refractivity contribution in [3.63, 3.8) is 0 Å². The molecule has 0 bridgehead atoms. The number of para-hydroxylation sites is 1. The van der Waals surface area contributed by atoms with E-state index in [0.717, 1.165) is 27.8 Å². The number of carbonyl (C=O) groups is 2. The van der Waals surface area contributed by atoms with Crippen LogP contribution in [0.25, 0.3) is 10.8 Å². The maximum atomic E-state index is 12.5. The average molecular weight is 404 g/mol. The van der Waals surface area contributed by atoms with Crippen LogP contribution < -0.4 is 10.6 Å². The lowest BCUT2D eigenvalue weighted by molar-refractivity contribution is -0.123. The van der Waals surface area contributed by atoms with Gasteiger partial charge in [-0.3, -0.25) is 14.5 Å². The quantitative estimate of drug-likeness (QED) is 0.621. The van der Waals surface area contributed by atoms with Crippen molar-refractivity contribution in [1.29, 1.82) is 0 Å². The molecule has 156 valence electrons. The van der Waals surface area contributed by atoms with Gasteiger partial charge >= 0.3 is 0 Å². The highest BCUT2D eigenvalue weighted by atomic mass is 16.2. The second-order valence-corrected chi connectivity index (χ2v) is 7.88. The highest BCUT2D eigenvalue weighted by Gasteiger charge is 2.15. The molecule has 0 saturated heterocycles. The van der Waals surface area contributed by atoms with Gasteiger partial charge in [-0.2, -0.15) is 0 Å². The van der Waals surface area contributed by atoms with Crippen molar-refractivity contribution in [1.82, 2.24) is 10.2 Å². The van der Waals surface area contributed by atoms with Crippen molar-refractivity contribution >= 4 is 28.3 Å². The zero-order valence-corrected chi connectivity index (χ0v) is 18.0. The molecule has 0 aliphatic carbocycles. The van der Waals surface area contributed by atoms with Crippen LogP contribution in [0.3, 0.4) is 0 Å². The number of nitrogens with zero attached hydrogens (tertiary/aromatic N) is 1. The molecular weight excluding hydrogens is 374 g/mol. The minimum Gasteiger partial charge on any atom is -0.348 e. The molecule has 0 spiro atoms. The number of nitrogens with one attached hydrogen (secondary N) is 2. The fourth-order valence-corrected chi connectivity index (χ4v) is 3.58. The topological polar surface area (TPSA) is 61.4 Å². The van der Waals surface area contributed by atoms with Crippen LogP contribution in [-0.2, 0) is 9.59 Å². The first-order valence-electron chi connectivity index (χ1n) is 10.2. The van der Waals surface area contributed by atoms with Crippen LogP contribution >= 0.6 is 0 Å². The highest BCUT2D eigenvalue weighted by Crippen LogP contribution is 2.21. The van der Waals surface area contributed by atoms with Crippen LogP contribution in [0.4, 0.5) is 5.69 Å². The predicted molar refractivity (Wildman–Crippen MR) is 123 cm³/mol. The van der Waals surface area contributed by atoms with E-state index < -0.39 is 0 Å². The number of anilines is 1. The molecule has 5 nitrogen and oxygen atoms in total. The smallest absolute Gasteiger partial charge is 0.238 e. The Hall–Kier alpha value is -3.18. The van der Waals surface area contributed by atoms with E-state index in [1.807, 2.05) is 57.2 Å². The van der Waals surface area contributed by atoms with Crippen LogP contribution in [0.15, 0.2) is 60.7 Å². The van der Waals surface area contributed by atoms with Gasteiger partial charge in [0, 0.05) is 5.69 Å². The molecule has 0 fully saturated rings. The largest absolute Gasteiger partial charge is 0.348 e. The lowest BCUT2D eigenvalue weighted by Crippen LogP contribution is -2.39. The molecule has 2 amide bonds. The second-order valence-electron chi connectivity index (χ2n) is 7.88. The molecular formula is C25H29N3O2. The summed E-state index contributed by atoms with van der Waals surface area (Å²) in [6.45, 7) is 6.20. The van der Waals surface area contributed by atoms with Gasteiger partial charge < -0.3 is 10.6 Å². The van der Waals surface area contributed by atoms with Crippen molar-refractivity contribution in [2.45, 2.75) is 26.8 Å². The monoisotopic (exact) mass is 403 g/mol. The summed E-state index contributed by atoms with van der Waals surface area (Å²) in [5.41, 5.74) is 3.93. The Labute approximate surface area is 178 Å². The third-order valence-electron chi connectivity index (χ3n) is 5.22. The van der Waals surface area contributed by atoms with Crippen LogP contribution in [0.5, 0.6) is 0 Å². The molecule has 1 unspecified atom stereocenters. The molecule has 0 heterocycles. The van der Waals surface area contributed by atoms with Crippen LogP contribution in [0, 0.1) is 13.8 Å². The van der Waals surface area contributed by atoms with Gasteiger partial charge in [-0.1, -0.05) is 54.6 Å². The van der Waals surface area contributed by atoms with Crippen LogP contribution in [0.2, 0.25) is 0 Å². The first-order valence-corrected chi connectivity index (χ1v) is 10.2. The highest BCUT2D eigenvalue weighted by molar-refractivity contribution is 5.94. The Morgan fingerprint density at radius 1 is 0.867 bits per heavy atom. The minimum absolute atomic E-state index is 0.112. The summed E-state index contributed by atoms with van der Waals surface area (Å²) in [6.07, 6.45) is 0. The maximum absolute atomic E-state index is 12.5. The number of fused-ring (bicyclic) bond motifs is 1. The molecule has 5 heteroatoms. The lowest BCUT2D eigenvalue weighted by atomic mass is 10.0. The molecule has 0 aromatic heterocycles. The summed E-state index contributed by atoms with van der Waals surface area (Å²) in [5.74, 6) is -0.247. The molecule has 0 aliphatic rings. The Morgan fingerprint density at radius 2 is 1.50 bits per heavy atom. The van der Waals surface area contributed by atoms with Gasteiger partial charge in [-0.15, -0.1) is 0 Å². The van der Waals surface area contributed by atoms with E-state index in [4.69, 9.17) is 0 Å². The Morgan fingerprint density at radius 3 is 2.20 bits per heavy atom. The number of hydrogen-bond donors (Lipinski definition) is 2. The van der Waals surface area contributed by atoms with Gasteiger partial charge in [-0.05, 0) is 61.3 Å². The van der Waals surface area contributed by atoms with E-state index in [2.05, 4.69) is 34.9 Å². The van der Waals surface area contributed by atoms with Crippen LogP contribution in [-0.4, -0.2) is 36.9 Å². The van der Waals surface area contributed by atoms with E-state index in [0.29, 0.717) is 0 Å². The van der Waals surface area contributed by atoms with Crippen molar-refractivity contribution in [3.05, 3.63) is 77.4 Å². The third-order valence-corrected chi connectivity index (χ3v) is 5.22. The zero-order valence-electron chi connectivity index (χ0n) is 18.0. The normalized spacial score (nSPS) is 12.0. The summed E-state index contributed by atoms with van der Waals surface area (Å²) < 4.78 is 0. The summed E-state index contributed by atoms with van der Waals surface area (Å²) >= 11 is 0. The molecule has 0 radical (unpaired) electrons. The third kappa shape index (κ3) is 5.45. The molecule has 0 saturated carbocycles. The van der Waals surface area contributed by atoms with Gasteiger partial charge in [0.1, 0.15) is 0 Å². The van der Waals surface area contributed by atoms with E-state index in [-0.39, 0.29) is 30.9 Å². The number of rotatable bonds is 7. The number of hydrogen-bond acceptors (Lipinski definition) is 3. The Balaban J connectivity index is 1.52. The molecule has 30 heavy (non-hydrogen) atoms. The van der Waals surface area contributed by atoms with Crippen molar-refractivity contribution in [2.24, 2.45) is 0 Å². The maximum Gasteiger partial charge on any atom is 0.238 e. The minimum atomic E-state index is -0.134. The summed E-state index contributed by atoms with van der Waals surface area (Å²) in [6, 6.07) is 20.1. The van der Waals surface area contributed by atoms with Crippen molar-refractivity contribution in [2.75, 3.05) is 25.5 Å². The Kier molecular flexibility index (Phi) is 6.85. The fourth-order valence-electron chi connectivity index (χ4n) is 3.58. The van der Waals surface area contributed by atoms with Crippen molar-refractivity contribution in [3.8, 4) is 0 Å². The average Bonchev–Trinajstić information content (AvgIpc) is 2.70. The first-order chi connectivity index (χ1) is 14.3. The lowest BCUT2D eigenvalue weighted by Gasteiger charge is -2.20. The summed E-state index contributed by atoms with van der Waals surface area (Å²) in [4.78, 5) is 26.6. The number of aryl methyl sites for hydroxylation is 2. The number of carbonyl (C=O) groups excluding carboxylic acids is 2. The van der Waals surface area contributed by atoms with E-state index in [1.54, 1.807) is 11.9 Å². The van der Waals surface area contributed by atoms with Gasteiger partial charge in [0.15, 0.2) is 0 Å². The van der Waals surface area contributed by atoms with Gasteiger partial charge in [0.2, 0.25) is 11.8 Å². The van der Waals surface area contributed by atoms with Gasteiger partial charge in [-0.25, -0.2) is 0 Å². The van der Waals surface area contributed by atoms with E-state index in [1.165, 1.54) is 5.39 Å². The first kappa shape index (κ1) is 21.5. The molecule has 2 N–H and O–H groups in total. The van der Waals surface area contributed by atoms with Crippen molar-refractivity contribution < 1.29 is 9.59 Å². The zero-order chi connectivity index (χ0) is 21.7. The predicted octanol–water partition coefficient (Wildman–Crippen LogP) is 4.20. The second kappa shape index (κ2) is 9.55. The summed E-state index contributed by atoms with van der Waals surface area (Å²) in [5, 5.41) is 8.30. The van der Waals surface area contributed by atoms with Gasteiger partial charge in [0.05, 0.1) is 19.1 Å². The molecule has 3 aromatic rings. The Bertz CT molecular complexity index is 1040. The van der Waals surface area contributed by atoms with Crippen LogP contribution in [0.1, 0.15) is 29.7 Å². The standard InChI is InChI=1S/C25H29N3O2/c1-17-8-7-9-18(2)25(17)27-24(30)16-28(4)15-23(29)26-19(3)21-13-12-20-10-5-6-11-22(20)14-21/h5-14,19H,15-16H2,1-4H3,(H,26,29)(H,27,30). The molecule has 3 aromatic carbocycles. The number of likely N-dealkylation sites (N-methyl/N-ethyl adjacent to an activating group) is 1. The van der Waals surface area contributed by atoms with E-state index >= 15 is 0 Å². The number of benzene rings is 3. The molecule has 3 rings (SSSR count). The van der Waals surface area contributed by atoms with Gasteiger partial charge in [0.25, 0.3) is 0 Å². The van der Waals surface area contributed by atoms with E-state index in [9.17, 15) is 9.59 Å². The molecule has 1 atom stereocenters. The number of amides is 2. The summed E-state index contributed by atoms with van der Waals surface area (Å²) in [7, 11) is 1.77.